The van der Waals surface area contributed by atoms with Gasteiger partial charge in [-0.2, -0.15) is 0 Å². The summed E-state index contributed by atoms with van der Waals surface area (Å²) in [5.41, 5.74) is 3.72. The summed E-state index contributed by atoms with van der Waals surface area (Å²) in [6.45, 7) is 9.94. The summed E-state index contributed by atoms with van der Waals surface area (Å²) in [5, 5.41) is 1.34. The van der Waals surface area contributed by atoms with Gasteiger partial charge in [0.25, 0.3) is 0 Å². The molecule has 5 nitrogen and oxygen atoms in total. The quantitative estimate of drug-likeness (QED) is 0.847. The van der Waals surface area contributed by atoms with Crippen LogP contribution in [0.5, 0.6) is 0 Å². The summed E-state index contributed by atoms with van der Waals surface area (Å²) in [5.74, 6) is 2.67. The maximum atomic E-state index is 4.88. The normalized spacial score (nSPS) is 25.6. The minimum absolute atomic E-state index is 0.765. The predicted molar refractivity (Wildman–Crippen MR) is 100 cm³/mol. The third-order valence-corrected chi connectivity index (χ3v) is 7.31. The molecule has 25 heavy (non-hydrogen) atoms. The Morgan fingerprint density at radius 2 is 1.88 bits per heavy atom. The monoisotopic (exact) mass is 355 g/mol. The third kappa shape index (κ3) is 2.75. The molecule has 2 saturated heterocycles. The van der Waals surface area contributed by atoms with E-state index in [9.17, 15) is 0 Å². The Morgan fingerprint density at radius 3 is 2.64 bits per heavy atom. The van der Waals surface area contributed by atoms with Crippen LogP contribution < -0.4 is 4.90 Å². The molecule has 132 valence electrons. The average molecular weight is 356 g/mol. The zero-order chi connectivity index (χ0) is 17.0. The van der Waals surface area contributed by atoms with Crippen molar-refractivity contribution in [3.05, 3.63) is 33.2 Å². The van der Waals surface area contributed by atoms with Crippen molar-refractivity contribution in [3.8, 4) is 0 Å². The van der Waals surface area contributed by atoms with Crippen molar-refractivity contribution in [2.75, 3.05) is 31.1 Å². The number of hydrogen-bond donors (Lipinski definition) is 0. The van der Waals surface area contributed by atoms with Gasteiger partial charge in [-0.3, -0.25) is 4.90 Å². The fraction of sp³-hybridized carbons (Fsp3) is 0.632. The Morgan fingerprint density at radius 1 is 1.08 bits per heavy atom. The van der Waals surface area contributed by atoms with Crippen LogP contribution in [0.4, 0.5) is 5.82 Å². The first kappa shape index (κ1) is 15.7. The highest BCUT2D eigenvalue weighted by atomic mass is 32.1. The van der Waals surface area contributed by atoms with Crippen LogP contribution in [-0.4, -0.2) is 46.0 Å². The van der Waals surface area contributed by atoms with E-state index in [-0.39, 0.29) is 0 Å². The van der Waals surface area contributed by atoms with Crippen LogP contribution in [0.2, 0.25) is 0 Å². The molecule has 0 amide bonds. The van der Waals surface area contributed by atoms with E-state index in [2.05, 4.69) is 33.6 Å². The van der Waals surface area contributed by atoms with Gasteiger partial charge in [0.1, 0.15) is 17.2 Å². The van der Waals surface area contributed by atoms with Crippen molar-refractivity contribution >= 4 is 17.2 Å². The third-order valence-electron chi connectivity index (χ3n) is 6.17. The van der Waals surface area contributed by atoms with Gasteiger partial charge >= 0.3 is 0 Å². The van der Waals surface area contributed by atoms with Gasteiger partial charge in [-0.25, -0.2) is 15.0 Å². The molecule has 2 atom stereocenters. The van der Waals surface area contributed by atoms with Crippen molar-refractivity contribution in [3.63, 3.8) is 0 Å². The molecular formula is C19H25N5S. The summed E-state index contributed by atoms with van der Waals surface area (Å²) in [6.07, 6.45) is 5.47. The second kappa shape index (κ2) is 6.02. The van der Waals surface area contributed by atoms with Gasteiger partial charge in [0, 0.05) is 42.3 Å². The molecule has 2 fully saturated rings. The first-order chi connectivity index (χ1) is 12.2. The maximum absolute atomic E-state index is 4.88. The number of thiazole rings is 1. The van der Waals surface area contributed by atoms with E-state index in [1.54, 1.807) is 11.2 Å². The van der Waals surface area contributed by atoms with Crippen LogP contribution in [-0.2, 0) is 19.4 Å². The van der Waals surface area contributed by atoms with E-state index in [1.165, 1.54) is 48.6 Å². The molecule has 2 unspecified atom stereocenters. The molecule has 2 aromatic rings. The fourth-order valence-electron chi connectivity index (χ4n) is 4.74. The van der Waals surface area contributed by atoms with Crippen molar-refractivity contribution in [2.45, 2.75) is 39.7 Å². The van der Waals surface area contributed by atoms with E-state index in [1.807, 2.05) is 11.3 Å². The predicted octanol–water partition coefficient (Wildman–Crippen LogP) is 2.61. The Labute approximate surface area is 153 Å². The molecule has 0 bridgehead atoms. The molecule has 0 saturated carbocycles. The summed E-state index contributed by atoms with van der Waals surface area (Å²) in [7, 11) is 0. The SMILES string of the molecule is Cc1ncnc(N2CC3CN(Cc4nc5c(s4)CCC5)CC3C2)c1C. The van der Waals surface area contributed by atoms with Gasteiger partial charge in [-0.05, 0) is 44.9 Å². The molecule has 0 aromatic carbocycles. The average Bonchev–Trinajstić information content (AvgIpc) is 3.29. The van der Waals surface area contributed by atoms with E-state index < -0.39 is 0 Å². The van der Waals surface area contributed by atoms with Crippen molar-refractivity contribution < 1.29 is 0 Å². The Kier molecular flexibility index (Phi) is 3.78. The minimum Gasteiger partial charge on any atom is -0.356 e. The van der Waals surface area contributed by atoms with Gasteiger partial charge in [0.2, 0.25) is 0 Å². The number of rotatable bonds is 3. The number of aromatic nitrogens is 3. The largest absolute Gasteiger partial charge is 0.356 e. The molecule has 0 N–H and O–H groups in total. The number of hydrogen-bond acceptors (Lipinski definition) is 6. The summed E-state index contributed by atoms with van der Waals surface area (Å²) >= 11 is 1.96. The number of likely N-dealkylation sites (tertiary alicyclic amines) is 1. The Balaban J connectivity index is 1.23. The van der Waals surface area contributed by atoms with Crippen LogP contribution in [0.1, 0.15) is 33.3 Å². The van der Waals surface area contributed by atoms with Gasteiger partial charge in [0.05, 0.1) is 12.2 Å². The molecular weight excluding hydrogens is 330 g/mol. The lowest BCUT2D eigenvalue weighted by Gasteiger charge is -2.23. The van der Waals surface area contributed by atoms with Crippen LogP contribution in [0.3, 0.4) is 0 Å². The minimum atomic E-state index is 0.765. The summed E-state index contributed by atoms with van der Waals surface area (Å²) in [6, 6.07) is 0. The standard InChI is InChI=1S/C19H25N5S/c1-12-13(2)20-11-21-19(12)24-8-14-6-23(7-15(14)9-24)10-18-22-16-4-3-5-17(16)25-18/h11,14-15H,3-10H2,1-2H3. The molecule has 0 radical (unpaired) electrons. The maximum Gasteiger partial charge on any atom is 0.135 e. The van der Waals surface area contributed by atoms with E-state index in [4.69, 9.17) is 4.98 Å². The van der Waals surface area contributed by atoms with Crippen molar-refractivity contribution in [2.24, 2.45) is 11.8 Å². The molecule has 6 heteroatoms. The lowest BCUT2D eigenvalue weighted by atomic mass is 10.0. The van der Waals surface area contributed by atoms with E-state index in [0.29, 0.717) is 0 Å². The molecule has 1 aliphatic carbocycles. The zero-order valence-corrected chi connectivity index (χ0v) is 15.8. The Bertz CT molecular complexity index is 766. The lowest BCUT2D eigenvalue weighted by Crippen LogP contribution is -2.29. The van der Waals surface area contributed by atoms with E-state index >= 15 is 0 Å². The van der Waals surface area contributed by atoms with Crippen LogP contribution >= 0.6 is 11.3 Å². The summed E-state index contributed by atoms with van der Waals surface area (Å²) < 4.78 is 0. The fourth-order valence-corrected chi connectivity index (χ4v) is 5.94. The van der Waals surface area contributed by atoms with Crippen molar-refractivity contribution in [1.29, 1.82) is 0 Å². The molecule has 0 spiro atoms. The summed E-state index contributed by atoms with van der Waals surface area (Å²) in [4.78, 5) is 20.4. The first-order valence-electron chi connectivity index (χ1n) is 9.40. The zero-order valence-electron chi connectivity index (χ0n) is 15.0. The second-order valence-corrected chi connectivity index (χ2v) is 9.03. The highest BCUT2D eigenvalue weighted by Crippen LogP contribution is 2.36. The van der Waals surface area contributed by atoms with Gasteiger partial charge in [-0.1, -0.05) is 0 Å². The lowest BCUT2D eigenvalue weighted by molar-refractivity contribution is 0.308. The van der Waals surface area contributed by atoms with Crippen molar-refractivity contribution in [1.82, 2.24) is 19.9 Å². The number of aryl methyl sites for hydroxylation is 3. The smallest absolute Gasteiger partial charge is 0.135 e. The van der Waals surface area contributed by atoms with Crippen LogP contribution in [0.25, 0.3) is 0 Å². The molecule has 5 rings (SSSR count). The topological polar surface area (TPSA) is 45.2 Å². The molecule has 3 aliphatic rings. The highest BCUT2D eigenvalue weighted by Gasteiger charge is 2.41. The van der Waals surface area contributed by atoms with Gasteiger partial charge in [-0.15, -0.1) is 11.3 Å². The van der Waals surface area contributed by atoms with Crippen LogP contribution in [0.15, 0.2) is 6.33 Å². The highest BCUT2D eigenvalue weighted by molar-refractivity contribution is 7.11. The second-order valence-electron chi connectivity index (χ2n) is 7.86. The number of anilines is 1. The van der Waals surface area contributed by atoms with E-state index in [0.717, 1.165) is 43.0 Å². The van der Waals surface area contributed by atoms with Crippen LogP contribution in [0, 0.1) is 25.7 Å². The molecule has 2 aliphatic heterocycles. The number of fused-ring (bicyclic) bond motifs is 2. The van der Waals surface area contributed by atoms with Gasteiger partial charge < -0.3 is 4.90 Å². The molecule has 2 aromatic heterocycles. The van der Waals surface area contributed by atoms with Gasteiger partial charge in [0.15, 0.2) is 0 Å². The first-order valence-corrected chi connectivity index (χ1v) is 10.2. The molecule has 4 heterocycles. The number of nitrogens with zero attached hydrogens (tertiary/aromatic N) is 5. The Hall–Kier alpha value is -1.53.